The fourth-order valence-electron chi connectivity index (χ4n) is 3.52. The van der Waals surface area contributed by atoms with Crippen LogP contribution in [-0.2, 0) is 16.6 Å². The molecule has 0 spiro atoms. The minimum atomic E-state index is -3.66. The monoisotopic (exact) mass is 449 g/mol. The molecule has 0 radical (unpaired) electrons. The standard InChI is InChI=1S/C25H27N3O3S/c29-32(30,22-10-5-2-6-11-22)28-18-14-23-24(28)12-7-13-25(23)31-19-17-26-15-16-27-20-21-8-3-1-4-9-21/h1-14,18,26-27H,15-17,19-20H2. The van der Waals surface area contributed by atoms with Crippen LogP contribution >= 0.6 is 0 Å². The maximum Gasteiger partial charge on any atom is 0.268 e. The van der Waals surface area contributed by atoms with Crippen LogP contribution in [0.15, 0.2) is 96.0 Å². The van der Waals surface area contributed by atoms with E-state index in [0.717, 1.165) is 25.0 Å². The highest BCUT2D eigenvalue weighted by atomic mass is 32.2. The summed E-state index contributed by atoms with van der Waals surface area (Å²) in [6, 6.07) is 26.0. The molecule has 0 fully saturated rings. The Morgan fingerprint density at radius 3 is 2.25 bits per heavy atom. The van der Waals surface area contributed by atoms with E-state index in [2.05, 4.69) is 22.8 Å². The molecule has 0 saturated carbocycles. The summed E-state index contributed by atoms with van der Waals surface area (Å²) in [5.41, 5.74) is 1.87. The van der Waals surface area contributed by atoms with Crippen molar-refractivity contribution < 1.29 is 13.2 Å². The molecule has 0 amide bonds. The molecule has 3 aromatic carbocycles. The van der Waals surface area contributed by atoms with Crippen LogP contribution in [0.1, 0.15) is 5.56 Å². The molecule has 6 nitrogen and oxygen atoms in total. The normalized spacial score (nSPS) is 11.6. The van der Waals surface area contributed by atoms with Gasteiger partial charge in [0.25, 0.3) is 10.0 Å². The van der Waals surface area contributed by atoms with E-state index < -0.39 is 10.0 Å². The summed E-state index contributed by atoms with van der Waals surface area (Å²) in [7, 11) is -3.66. The van der Waals surface area contributed by atoms with Crippen molar-refractivity contribution in [3.05, 3.63) is 96.7 Å². The quantitative estimate of drug-likeness (QED) is 0.342. The maximum atomic E-state index is 13.0. The Morgan fingerprint density at radius 1 is 0.750 bits per heavy atom. The van der Waals surface area contributed by atoms with Gasteiger partial charge in [-0.25, -0.2) is 12.4 Å². The van der Waals surface area contributed by atoms with Gasteiger partial charge in [-0.05, 0) is 35.9 Å². The van der Waals surface area contributed by atoms with Crippen LogP contribution in [-0.4, -0.2) is 38.6 Å². The molecule has 0 bridgehead atoms. The molecule has 1 heterocycles. The van der Waals surface area contributed by atoms with Gasteiger partial charge in [0, 0.05) is 37.8 Å². The highest BCUT2D eigenvalue weighted by molar-refractivity contribution is 7.90. The van der Waals surface area contributed by atoms with Crippen molar-refractivity contribution >= 4 is 20.9 Å². The molecule has 4 rings (SSSR count). The van der Waals surface area contributed by atoms with Crippen LogP contribution < -0.4 is 15.4 Å². The first kappa shape index (κ1) is 22.1. The molecular weight excluding hydrogens is 422 g/mol. The first-order chi connectivity index (χ1) is 15.7. The molecule has 1 aromatic heterocycles. The maximum absolute atomic E-state index is 13.0. The lowest BCUT2D eigenvalue weighted by molar-refractivity contribution is 0.317. The van der Waals surface area contributed by atoms with Crippen LogP contribution in [0, 0.1) is 0 Å². The van der Waals surface area contributed by atoms with Gasteiger partial charge in [-0.2, -0.15) is 0 Å². The Morgan fingerprint density at radius 2 is 1.47 bits per heavy atom. The molecule has 32 heavy (non-hydrogen) atoms. The van der Waals surface area contributed by atoms with E-state index in [1.54, 1.807) is 48.7 Å². The summed E-state index contributed by atoms with van der Waals surface area (Å²) in [5.74, 6) is 0.675. The predicted molar refractivity (Wildman–Crippen MR) is 127 cm³/mol. The predicted octanol–water partition coefficient (Wildman–Crippen LogP) is 3.64. The summed E-state index contributed by atoms with van der Waals surface area (Å²) in [6.07, 6.45) is 1.58. The topological polar surface area (TPSA) is 72.4 Å². The van der Waals surface area contributed by atoms with Crippen LogP contribution in [0.5, 0.6) is 5.75 Å². The van der Waals surface area contributed by atoms with Crippen LogP contribution in [0.3, 0.4) is 0 Å². The van der Waals surface area contributed by atoms with Crippen molar-refractivity contribution in [1.82, 2.24) is 14.6 Å². The summed E-state index contributed by atoms with van der Waals surface area (Å²) < 4.78 is 33.2. The zero-order valence-corrected chi connectivity index (χ0v) is 18.6. The highest BCUT2D eigenvalue weighted by Gasteiger charge is 2.19. The number of rotatable bonds is 11. The van der Waals surface area contributed by atoms with Gasteiger partial charge < -0.3 is 15.4 Å². The van der Waals surface area contributed by atoms with Gasteiger partial charge in [-0.3, -0.25) is 0 Å². The molecule has 0 aliphatic heterocycles. The zero-order valence-electron chi connectivity index (χ0n) is 17.8. The smallest absolute Gasteiger partial charge is 0.268 e. The first-order valence-corrected chi connectivity index (χ1v) is 12.1. The summed E-state index contributed by atoms with van der Waals surface area (Å²) in [6.45, 7) is 3.75. The van der Waals surface area contributed by atoms with Crippen LogP contribution in [0.4, 0.5) is 0 Å². The van der Waals surface area contributed by atoms with Gasteiger partial charge in [0.05, 0.1) is 10.4 Å². The third-order valence-electron chi connectivity index (χ3n) is 5.14. The molecule has 0 aliphatic carbocycles. The number of fused-ring (bicyclic) bond motifs is 1. The number of hydrogen-bond donors (Lipinski definition) is 2. The fraction of sp³-hybridized carbons (Fsp3) is 0.200. The molecule has 2 N–H and O–H groups in total. The lowest BCUT2D eigenvalue weighted by Gasteiger charge is -2.11. The number of aromatic nitrogens is 1. The second kappa shape index (κ2) is 10.5. The van der Waals surface area contributed by atoms with E-state index in [-0.39, 0.29) is 4.90 Å². The summed E-state index contributed by atoms with van der Waals surface area (Å²) >= 11 is 0. The molecule has 0 atom stereocenters. The Bertz CT molecular complexity index is 1240. The van der Waals surface area contributed by atoms with Crippen molar-refractivity contribution in [2.75, 3.05) is 26.2 Å². The van der Waals surface area contributed by atoms with Gasteiger partial charge in [-0.15, -0.1) is 0 Å². The number of ether oxygens (including phenoxy) is 1. The lowest BCUT2D eigenvalue weighted by atomic mass is 10.2. The number of benzene rings is 3. The number of nitrogens with one attached hydrogen (secondary N) is 2. The SMILES string of the molecule is O=S(=O)(c1ccccc1)n1ccc2c(OCCNCCNCc3ccccc3)cccc21. The summed E-state index contributed by atoms with van der Waals surface area (Å²) in [5, 5.41) is 7.53. The molecule has 0 unspecified atom stereocenters. The van der Waals surface area contributed by atoms with E-state index in [0.29, 0.717) is 24.4 Å². The Hall–Kier alpha value is -3.13. The lowest BCUT2D eigenvalue weighted by Crippen LogP contribution is -2.29. The first-order valence-electron chi connectivity index (χ1n) is 10.6. The van der Waals surface area contributed by atoms with Crippen molar-refractivity contribution in [1.29, 1.82) is 0 Å². The van der Waals surface area contributed by atoms with Gasteiger partial charge >= 0.3 is 0 Å². The van der Waals surface area contributed by atoms with E-state index >= 15 is 0 Å². The third kappa shape index (κ3) is 5.19. The average molecular weight is 450 g/mol. The molecule has 0 aliphatic rings. The zero-order chi connectivity index (χ0) is 22.2. The molecular formula is C25H27N3O3S. The molecule has 166 valence electrons. The Balaban J connectivity index is 1.29. The summed E-state index contributed by atoms with van der Waals surface area (Å²) in [4.78, 5) is 0.258. The number of nitrogens with zero attached hydrogens (tertiary/aromatic N) is 1. The van der Waals surface area contributed by atoms with Crippen molar-refractivity contribution in [3.8, 4) is 5.75 Å². The van der Waals surface area contributed by atoms with Crippen molar-refractivity contribution in [2.45, 2.75) is 11.4 Å². The largest absolute Gasteiger partial charge is 0.492 e. The fourth-order valence-corrected chi connectivity index (χ4v) is 4.89. The highest BCUT2D eigenvalue weighted by Crippen LogP contribution is 2.29. The Labute approximate surface area is 188 Å². The van der Waals surface area contributed by atoms with Gasteiger partial charge in [0.2, 0.25) is 0 Å². The minimum Gasteiger partial charge on any atom is -0.492 e. The van der Waals surface area contributed by atoms with Crippen molar-refractivity contribution in [3.63, 3.8) is 0 Å². The van der Waals surface area contributed by atoms with Crippen LogP contribution in [0.25, 0.3) is 10.9 Å². The van der Waals surface area contributed by atoms with Gasteiger partial charge in [-0.1, -0.05) is 54.6 Å². The molecule has 0 saturated heterocycles. The third-order valence-corrected chi connectivity index (χ3v) is 6.85. The van der Waals surface area contributed by atoms with Crippen molar-refractivity contribution in [2.24, 2.45) is 0 Å². The van der Waals surface area contributed by atoms with E-state index in [1.165, 1.54) is 9.54 Å². The van der Waals surface area contributed by atoms with Gasteiger partial charge in [0.1, 0.15) is 12.4 Å². The second-order valence-corrected chi connectivity index (χ2v) is 9.19. The van der Waals surface area contributed by atoms with Crippen LogP contribution in [0.2, 0.25) is 0 Å². The van der Waals surface area contributed by atoms with E-state index in [9.17, 15) is 8.42 Å². The van der Waals surface area contributed by atoms with E-state index in [1.807, 2.05) is 30.3 Å². The van der Waals surface area contributed by atoms with Gasteiger partial charge in [0.15, 0.2) is 0 Å². The molecule has 7 heteroatoms. The Kier molecular flexibility index (Phi) is 7.21. The average Bonchev–Trinajstić information content (AvgIpc) is 3.28. The second-order valence-electron chi connectivity index (χ2n) is 7.38. The number of hydrogen-bond acceptors (Lipinski definition) is 5. The van der Waals surface area contributed by atoms with E-state index in [4.69, 9.17) is 4.74 Å². The minimum absolute atomic E-state index is 0.258. The molecule has 4 aromatic rings.